The SMILES string of the molecule is Cc1c(C(=O)NCc2cn(Cc3ccccc3)nc2-c2ccccc2)cccc1[N+](=O)[O-]. The second-order valence-electron chi connectivity index (χ2n) is 7.44. The zero-order valence-electron chi connectivity index (χ0n) is 17.6. The summed E-state index contributed by atoms with van der Waals surface area (Å²) in [6.07, 6.45) is 1.93. The van der Waals surface area contributed by atoms with Crippen molar-refractivity contribution in [3.63, 3.8) is 0 Å². The number of rotatable bonds is 7. The predicted octanol–water partition coefficient (Wildman–Crippen LogP) is 4.75. The topological polar surface area (TPSA) is 90.1 Å². The Balaban J connectivity index is 1.59. The molecule has 0 atom stereocenters. The van der Waals surface area contributed by atoms with E-state index in [-0.39, 0.29) is 23.7 Å². The highest BCUT2D eigenvalue weighted by molar-refractivity contribution is 5.96. The molecule has 7 nitrogen and oxygen atoms in total. The molecule has 7 heteroatoms. The van der Waals surface area contributed by atoms with Gasteiger partial charge in [-0.15, -0.1) is 0 Å². The Kier molecular flexibility index (Phi) is 6.07. The molecule has 0 fully saturated rings. The maximum absolute atomic E-state index is 12.8. The van der Waals surface area contributed by atoms with E-state index < -0.39 is 4.92 Å². The molecule has 0 saturated carbocycles. The van der Waals surface area contributed by atoms with Crippen molar-refractivity contribution in [2.45, 2.75) is 20.0 Å². The summed E-state index contributed by atoms with van der Waals surface area (Å²) in [5.74, 6) is -0.360. The molecule has 3 aromatic carbocycles. The number of benzene rings is 3. The summed E-state index contributed by atoms with van der Waals surface area (Å²) < 4.78 is 1.86. The third-order valence-electron chi connectivity index (χ3n) is 5.26. The maximum Gasteiger partial charge on any atom is 0.273 e. The lowest BCUT2D eigenvalue weighted by molar-refractivity contribution is -0.385. The molecule has 0 spiro atoms. The van der Waals surface area contributed by atoms with Crippen LogP contribution < -0.4 is 5.32 Å². The molecule has 1 aromatic heterocycles. The Hall–Kier alpha value is -4.26. The molecule has 0 aliphatic carbocycles. The van der Waals surface area contributed by atoms with E-state index in [9.17, 15) is 14.9 Å². The Bertz CT molecular complexity index is 1250. The van der Waals surface area contributed by atoms with Crippen molar-refractivity contribution >= 4 is 11.6 Å². The molecular formula is C25H22N4O3. The first-order valence-electron chi connectivity index (χ1n) is 10.2. The largest absolute Gasteiger partial charge is 0.348 e. The molecule has 0 saturated heterocycles. The van der Waals surface area contributed by atoms with Crippen LogP contribution in [0.5, 0.6) is 0 Å². The third kappa shape index (κ3) is 4.57. The van der Waals surface area contributed by atoms with Crippen molar-refractivity contribution < 1.29 is 9.72 Å². The lowest BCUT2D eigenvalue weighted by Gasteiger charge is -2.08. The first-order valence-corrected chi connectivity index (χ1v) is 10.2. The van der Waals surface area contributed by atoms with Crippen molar-refractivity contribution in [2.24, 2.45) is 0 Å². The third-order valence-corrected chi connectivity index (χ3v) is 5.26. The molecule has 4 rings (SSSR count). The summed E-state index contributed by atoms with van der Waals surface area (Å²) >= 11 is 0. The molecule has 1 heterocycles. The van der Waals surface area contributed by atoms with Gasteiger partial charge < -0.3 is 5.32 Å². The van der Waals surface area contributed by atoms with E-state index in [1.54, 1.807) is 13.0 Å². The van der Waals surface area contributed by atoms with Gasteiger partial charge in [-0.05, 0) is 18.6 Å². The minimum atomic E-state index is -0.479. The second-order valence-corrected chi connectivity index (χ2v) is 7.44. The van der Waals surface area contributed by atoms with Gasteiger partial charge in [0, 0.05) is 41.1 Å². The number of nitrogens with one attached hydrogen (secondary N) is 1. The normalized spacial score (nSPS) is 10.7. The van der Waals surface area contributed by atoms with Crippen LogP contribution in [0.25, 0.3) is 11.3 Å². The Morgan fingerprint density at radius 1 is 1.00 bits per heavy atom. The number of hydrogen-bond donors (Lipinski definition) is 1. The van der Waals surface area contributed by atoms with E-state index in [1.165, 1.54) is 12.1 Å². The Labute approximate surface area is 185 Å². The molecule has 0 aliphatic rings. The van der Waals surface area contributed by atoms with Crippen LogP contribution in [0, 0.1) is 17.0 Å². The van der Waals surface area contributed by atoms with Crippen LogP contribution >= 0.6 is 0 Å². The first-order chi connectivity index (χ1) is 15.5. The molecule has 0 aliphatic heterocycles. The van der Waals surface area contributed by atoms with Crippen LogP contribution in [0.15, 0.2) is 85.1 Å². The summed E-state index contributed by atoms with van der Waals surface area (Å²) in [4.78, 5) is 23.5. The summed E-state index contributed by atoms with van der Waals surface area (Å²) in [6.45, 7) is 2.44. The zero-order chi connectivity index (χ0) is 22.5. The van der Waals surface area contributed by atoms with E-state index in [0.717, 1.165) is 22.4 Å². The van der Waals surface area contributed by atoms with Gasteiger partial charge in [-0.1, -0.05) is 66.7 Å². The molecule has 4 aromatic rings. The van der Waals surface area contributed by atoms with E-state index in [0.29, 0.717) is 12.1 Å². The van der Waals surface area contributed by atoms with Gasteiger partial charge in [0.05, 0.1) is 17.2 Å². The number of hydrogen-bond acceptors (Lipinski definition) is 4. The number of amides is 1. The van der Waals surface area contributed by atoms with E-state index >= 15 is 0 Å². The fourth-order valence-corrected chi connectivity index (χ4v) is 3.62. The van der Waals surface area contributed by atoms with Crippen molar-refractivity contribution in [3.05, 3.63) is 117 Å². The minimum absolute atomic E-state index is 0.0710. The molecule has 0 radical (unpaired) electrons. The van der Waals surface area contributed by atoms with E-state index in [4.69, 9.17) is 5.10 Å². The van der Waals surface area contributed by atoms with Crippen LogP contribution in [0.3, 0.4) is 0 Å². The maximum atomic E-state index is 12.8. The molecule has 32 heavy (non-hydrogen) atoms. The quantitative estimate of drug-likeness (QED) is 0.341. The average Bonchev–Trinajstić information content (AvgIpc) is 3.21. The molecule has 1 N–H and O–H groups in total. The van der Waals surface area contributed by atoms with Crippen molar-refractivity contribution in [3.8, 4) is 11.3 Å². The number of aromatic nitrogens is 2. The van der Waals surface area contributed by atoms with Crippen LogP contribution in [0.1, 0.15) is 27.0 Å². The smallest absolute Gasteiger partial charge is 0.273 e. The monoisotopic (exact) mass is 426 g/mol. The lowest BCUT2D eigenvalue weighted by atomic mass is 10.1. The van der Waals surface area contributed by atoms with Crippen molar-refractivity contribution in [2.75, 3.05) is 0 Å². The number of nitrogens with zero attached hydrogens (tertiary/aromatic N) is 3. The summed E-state index contributed by atoms with van der Waals surface area (Å²) in [6, 6.07) is 24.3. The summed E-state index contributed by atoms with van der Waals surface area (Å²) in [5, 5.41) is 18.8. The first kappa shape index (κ1) is 21.0. The van der Waals surface area contributed by atoms with Gasteiger partial charge in [-0.3, -0.25) is 19.6 Å². The van der Waals surface area contributed by atoms with Gasteiger partial charge in [0.15, 0.2) is 0 Å². The second kappa shape index (κ2) is 9.26. The Morgan fingerprint density at radius 2 is 1.69 bits per heavy atom. The minimum Gasteiger partial charge on any atom is -0.348 e. The van der Waals surface area contributed by atoms with Crippen molar-refractivity contribution in [1.82, 2.24) is 15.1 Å². The van der Waals surface area contributed by atoms with Gasteiger partial charge in [0.25, 0.3) is 11.6 Å². The number of carbonyl (C=O) groups excluding carboxylic acids is 1. The summed E-state index contributed by atoms with van der Waals surface area (Å²) in [5.41, 5.74) is 4.29. The van der Waals surface area contributed by atoms with Gasteiger partial charge in [-0.2, -0.15) is 5.10 Å². The van der Waals surface area contributed by atoms with Crippen LogP contribution in [-0.4, -0.2) is 20.6 Å². The molecule has 160 valence electrons. The molecule has 1 amide bonds. The number of nitro groups is 1. The molecule has 0 unspecified atom stereocenters. The summed E-state index contributed by atoms with van der Waals surface area (Å²) in [7, 11) is 0. The number of nitro benzene ring substituents is 1. The highest BCUT2D eigenvalue weighted by Gasteiger charge is 2.19. The van der Waals surface area contributed by atoms with Crippen LogP contribution in [0.4, 0.5) is 5.69 Å². The van der Waals surface area contributed by atoms with E-state index in [1.807, 2.05) is 71.5 Å². The van der Waals surface area contributed by atoms with Gasteiger partial charge in [0.2, 0.25) is 0 Å². The van der Waals surface area contributed by atoms with E-state index in [2.05, 4.69) is 5.32 Å². The standard InChI is InChI=1S/C25H22N4O3/c1-18-22(13-8-14-23(18)29(31)32)25(30)26-15-21-17-28(16-19-9-4-2-5-10-19)27-24(21)20-11-6-3-7-12-20/h2-14,17H,15-16H2,1H3,(H,26,30). The van der Waals surface area contributed by atoms with Crippen molar-refractivity contribution in [1.29, 1.82) is 0 Å². The van der Waals surface area contributed by atoms with Gasteiger partial charge in [0.1, 0.15) is 0 Å². The van der Waals surface area contributed by atoms with Crippen LogP contribution in [0.2, 0.25) is 0 Å². The zero-order valence-corrected chi connectivity index (χ0v) is 17.6. The molecular weight excluding hydrogens is 404 g/mol. The highest BCUT2D eigenvalue weighted by atomic mass is 16.6. The predicted molar refractivity (Wildman–Crippen MR) is 122 cm³/mol. The fourth-order valence-electron chi connectivity index (χ4n) is 3.62. The Morgan fingerprint density at radius 3 is 2.38 bits per heavy atom. The van der Waals surface area contributed by atoms with Gasteiger partial charge in [-0.25, -0.2) is 0 Å². The van der Waals surface area contributed by atoms with Crippen LogP contribution in [-0.2, 0) is 13.1 Å². The lowest BCUT2D eigenvalue weighted by Crippen LogP contribution is -2.24. The molecule has 0 bridgehead atoms. The fraction of sp³-hybridized carbons (Fsp3) is 0.120. The number of carbonyl (C=O) groups is 1. The van der Waals surface area contributed by atoms with Gasteiger partial charge >= 0.3 is 0 Å². The highest BCUT2D eigenvalue weighted by Crippen LogP contribution is 2.24. The average molecular weight is 426 g/mol.